The largest absolute Gasteiger partial charge is 0.501 e. The Hall–Kier alpha value is -0.273. The van der Waals surface area contributed by atoms with E-state index < -0.39 is 8.80 Å². The predicted molar refractivity (Wildman–Crippen MR) is 85.3 cm³/mol. The molecule has 21 heavy (non-hydrogen) atoms. The van der Waals surface area contributed by atoms with Crippen LogP contribution in [-0.2, 0) is 22.8 Å². The van der Waals surface area contributed by atoms with Crippen LogP contribution in [0.2, 0.25) is 6.04 Å². The quantitative estimate of drug-likeness (QED) is 0.364. The maximum absolute atomic E-state index is 10.8. The topological polar surface area (TPSA) is 54.0 Å². The average molecular weight is 321 g/mol. The van der Waals surface area contributed by atoms with Crippen molar-refractivity contribution >= 4 is 15.1 Å². The van der Waals surface area contributed by atoms with Crippen molar-refractivity contribution in [1.82, 2.24) is 0 Å². The van der Waals surface area contributed by atoms with Crippen molar-refractivity contribution in [3.05, 3.63) is 0 Å². The molecule has 0 radical (unpaired) electrons. The SMILES string of the molecule is CCO[Si](CCC(OC)C(CC)CC=O)(OCC)OCC. The van der Waals surface area contributed by atoms with Gasteiger partial charge in [-0.15, -0.1) is 0 Å². The first-order chi connectivity index (χ1) is 10.1. The van der Waals surface area contributed by atoms with Gasteiger partial charge < -0.3 is 22.8 Å². The van der Waals surface area contributed by atoms with Gasteiger partial charge in [0, 0.05) is 39.4 Å². The fourth-order valence-corrected chi connectivity index (χ4v) is 5.21. The third-order valence-electron chi connectivity index (χ3n) is 3.58. The number of ether oxygens (including phenoxy) is 1. The molecule has 0 rings (SSSR count). The van der Waals surface area contributed by atoms with Crippen molar-refractivity contribution in [2.24, 2.45) is 5.92 Å². The Balaban J connectivity index is 4.76. The molecule has 0 spiro atoms. The smallest absolute Gasteiger partial charge is 0.381 e. The highest BCUT2D eigenvalue weighted by Crippen LogP contribution is 2.25. The molecule has 0 amide bonds. The second-order valence-corrected chi connectivity index (χ2v) is 7.60. The summed E-state index contributed by atoms with van der Waals surface area (Å²) in [5.74, 6) is 0.240. The molecule has 0 aromatic carbocycles. The number of rotatable bonds is 14. The van der Waals surface area contributed by atoms with Crippen molar-refractivity contribution < 1.29 is 22.8 Å². The van der Waals surface area contributed by atoms with Gasteiger partial charge in [0.25, 0.3) is 0 Å². The van der Waals surface area contributed by atoms with Crippen LogP contribution in [0.3, 0.4) is 0 Å². The number of aldehydes is 1. The normalized spacial score (nSPS) is 14.9. The van der Waals surface area contributed by atoms with E-state index in [4.69, 9.17) is 18.0 Å². The minimum atomic E-state index is -2.62. The molecule has 0 fully saturated rings. The lowest BCUT2D eigenvalue weighted by Gasteiger charge is -2.31. The molecule has 0 saturated carbocycles. The molecule has 0 aliphatic heterocycles. The molecule has 0 heterocycles. The number of hydrogen-bond acceptors (Lipinski definition) is 5. The maximum atomic E-state index is 10.8. The van der Waals surface area contributed by atoms with Crippen LogP contribution in [0, 0.1) is 5.92 Å². The monoisotopic (exact) mass is 320 g/mol. The lowest BCUT2D eigenvalue weighted by Crippen LogP contribution is -2.46. The Labute approximate surface area is 130 Å². The molecule has 0 aromatic rings. The van der Waals surface area contributed by atoms with Crippen LogP contribution < -0.4 is 0 Å². The number of carbonyl (C=O) groups is 1. The van der Waals surface area contributed by atoms with Crippen LogP contribution in [0.5, 0.6) is 0 Å². The second kappa shape index (κ2) is 12.3. The van der Waals surface area contributed by atoms with Crippen molar-refractivity contribution in [1.29, 1.82) is 0 Å². The van der Waals surface area contributed by atoms with Crippen LogP contribution in [0.4, 0.5) is 0 Å². The summed E-state index contributed by atoms with van der Waals surface area (Å²) in [6.45, 7) is 9.68. The number of carbonyl (C=O) groups excluding carboxylic acids is 1. The predicted octanol–water partition coefficient (Wildman–Crippen LogP) is 3.06. The fourth-order valence-electron chi connectivity index (χ4n) is 2.57. The van der Waals surface area contributed by atoms with E-state index in [1.807, 2.05) is 20.8 Å². The molecule has 0 saturated heterocycles. The van der Waals surface area contributed by atoms with E-state index in [0.29, 0.717) is 26.2 Å². The van der Waals surface area contributed by atoms with Gasteiger partial charge in [-0.05, 0) is 33.1 Å². The van der Waals surface area contributed by atoms with Gasteiger partial charge >= 0.3 is 8.80 Å². The number of hydrogen-bond donors (Lipinski definition) is 0. The van der Waals surface area contributed by atoms with Gasteiger partial charge in [-0.1, -0.05) is 13.3 Å². The first-order valence-corrected chi connectivity index (χ1v) is 9.94. The van der Waals surface area contributed by atoms with Crippen molar-refractivity contribution in [3.63, 3.8) is 0 Å². The Morgan fingerprint density at radius 1 is 1.00 bits per heavy atom. The molecule has 0 aliphatic carbocycles. The highest BCUT2D eigenvalue weighted by molar-refractivity contribution is 6.60. The lowest BCUT2D eigenvalue weighted by molar-refractivity contribution is -0.109. The summed E-state index contributed by atoms with van der Waals surface area (Å²) < 4.78 is 23.1. The molecule has 5 nitrogen and oxygen atoms in total. The van der Waals surface area contributed by atoms with Gasteiger partial charge in [0.1, 0.15) is 6.29 Å². The van der Waals surface area contributed by atoms with Gasteiger partial charge in [0.2, 0.25) is 0 Å². The Morgan fingerprint density at radius 3 is 1.86 bits per heavy atom. The highest BCUT2D eigenvalue weighted by Gasteiger charge is 2.41. The minimum absolute atomic E-state index is 0.0356. The molecule has 2 atom stereocenters. The molecule has 0 aromatic heterocycles. The number of methoxy groups -OCH3 is 1. The molecule has 0 N–H and O–H groups in total. The molecule has 0 bridgehead atoms. The molecule has 126 valence electrons. The standard InChI is InChI=1S/C15H32O5Si/c1-6-14(10-12-16)15(17-5)11-13-21(18-7-2,19-8-3)20-9-4/h12,14-15H,6-11,13H2,1-5H3. The average Bonchev–Trinajstić information content (AvgIpc) is 2.47. The van der Waals surface area contributed by atoms with E-state index in [1.54, 1.807) is 7.11 Å². The molecule has 2 unspecified atom stereocenters. The summed E-state index contributed by atoms with van der Waals surface area (Å²) in [5.41, 5.74) is 0. The van der Waals surface area contributed by atoms with Gasteiger partial charge in [0.15, 0.2) is 0 Å². The van der Waals surface area contributed by atoms with E-state index in [0.717, 1.165) is 25.2 Å². The first kappa shape index (κ1) is 20.7. The minimum Gasteiger partial charge on any atom is -0.381 e. The molecule has 0 aliphatic rings. The molecular formula is C15H32O5Si. The summed E-state index contributed by atoms with van der Waals surface area (Å²) in [5, 5.41) is 0. The summed E-state index contributed by atoms with van der Waals surface area (Å²) in [7, 11) is -0.927. The van der Waals surface area contributed by atoms with E-state index in [9.17, 15) is 4.79 Å². The zero-order chi connectivity index (χ0) is 16.1. The maximum Gasteiger partial charge on any atom is 0.501 e. The van der Waals surface area contributed by atoms with Gasteiger partial charge in [0.05, 0.1) is 6.10 Å². The van der Waals surface area contributed by atoms with E-state index in [-0.39, 0.29) is 12.0 Å². The Bertz CT molecular complexity index is 245. The van der Waals surface area contributed by atoms with E-state index in [2.05, 4.69) is 6.92 Å². The third kappa shape index (κ3) is 7.51. The van der Waals surface area contributed by atoms with Crippen molar-refractivity contribution in [2.75, 3.05) is 26.9 Å². The van der Waals surface area contributed by atoms with Crippen LogP contribution in [0.1, 0.15) is 47.0 Å². The Morgan fingerprint density at radius 2 is 1.52 bits per heavy atom. The van der Waals surface area contributed by atoms with Crippen molar-refractivity contribution in [3.8, 4) is 0 Å². The van der Waals surface area contributed by atoms with Gasteiger partial charge in [-0.2, -0.15) is 0 Å². The zero-order valence-electron chi connectivity index (χ0n) is 14.2. The highest BCUT2D eigenvalue weighted by atomic mass is 28.4. The van der Waals surface area contributed by atoms with Crippen LogP contribution in [-0.4, -0.2) is 48.1 Å². The van der Waals surface area contributed by atoms with Gasteiger partial charge in [-0.3, -0.25) is 0 Å². The molecular weight excluding hydrogens is 288 g/mol. The Kier molecular flexibility index (Phi) is 12.1. The summed E-state index contributed by atoms with van der Waals surface area (Å²) in [4.78, 5) is 10.8. The van der Waals surface area contributed by atoms with E-state index >= 15 is 0 Å². The second-order valence-electron chi connectivity index (χ2n) is 4.87. The van der Waals surface area contributed by atoms with Crippen LogP contribution in [0.25, 0.3) is 0 Å². The van der Waals surface area contributed by atoms with Crippen molar-refractivity contribution in [2.45, 2.75) is 59.1 Å². The summed E-state index contributed by atoms with van der Waals surface area (Å²) in [6.07, 6.45) is 3.24. The van der Waals surface area contributed by atoms with Crippen LogP contribution >= 0.6 is 0 Å². The third-order valence-corrected chi connectivity index (χ3v) is 6.67. The fraction of sp³-hybridized carbons (Fsp3) is 0.933. The first-order valence-electron chi connectivity index (χ1n) is 8.01. The van der Waals surface area contributed by atoms with Crippen LogP contribution in [0.15, 0.2) is 0 Å². The summed E-state index contributed by atoms with van der Waals surface area (Å²) >= 11 is 0. The summed E-state index contributed by atoms with van der Waals surface area (Å²) in [6, 6.07) is 0.719. The lowest BCUT2D eigenvalue weighted by atomic mass is 9.94. The zero-order valence-corrected chi connectivity index (χ0v) is 15.2. The van der Waals surface area contributed by atoms with E-state index in [1.165, 1.54) is 0 Å². The molecule has 6 heteroatoms. The van der Waals surface area contributed by atoms with Gasteiger partial charge in [-0.25, -0.2) is 0 Å².